The summed E-state index contributed by atoms with van der Waals surface area (Å²) < 4.78 is 5.17. The van der Waals surface area contributed by atoms with Gasteiger partial charge in [-0.25, -0.2) is 0 Å². The predicted octanol–water partition coefficient (Wildman–Crippen LogP) is 2.02. The molecular formula is C29H40N4O6. The number of carbonyl (C=O) groups excluding carboxylic acids is 3. The maximum absolute atomic E-state index is 13.3. The van der Waals surface area contributed by atoms with Crippen molar-refractivity contribution in [1.29, 1.82) is 0 Å². The van der Waals surface area contributed by atoms with E-state index < -0.39 is 30.0 Å². The van der Waals surface area contributed by atoms with Crippen molar-refractivity contribution in [2.75, 3.05) is 14.2 Å². The number of likely N-dealkylation sites (N-methyl/N-ethyl adjacent to an activating group) is 1. The predicted molar refractivity (Wildman–Crippen MR) is 148 cm³/mol. The van der Waals surface area contributed by atoms with E-state index in [1.165, 1.54) is 7.05 Å². The summed E-state index contributed by atoms with van der Waals surface area (Å²) in [6.45, 7) is 4.18. The third kappa shape index (κ3) is 11.2. The average Bonchev–Trinajstić information content (AvgIpc) is 2.93. The van der Waals surface area contributed by atoms with Crippen LogP contribution in [0.1, 0.15) is 44.2 Å². The second kappa shape index (κ2) is 16.1. The van der Waals surface area contributed by atoms with Crippen LogP contribution in [0.2, 0.25) is 0 Å². The van der Waals surface area contributed by atoms with E-state index in [0.717, 1.165) is 11.1 Å². The Labute approximate surface area is 229 Å². The number of aliphatic carboxylic acids is 1. The summed E-state index contributed by atoms with van der Waals surface area (Å²) >= 11 is 0. The molecule has 2 rings (SSSR count). The fraction of sp³-hybridized carbons (Fsp3) is 0.448. The highest BCUT2D eigenvalue weighted by atomic mass is 16.5. The number of hydrogen-bond acceptors (Lipinski definition) is 6. The van der Waals surface area contributed by atoms with Crippen LogP contribution in [0.5, 0.6) is 5.75 Å². The molecule has 0 aliphatic carbocycles. The Morgan fingerprint density at radius 3 is 2.10 bits per heavy atom. The van der Waals surface area contributed by atoms with Crippen LogP contribution in [0.3, 0.4) is 0 Å². The molecule has 39 heavy (non-hydrogen) atoms. The van der Waals surface area contributed by atoms with Gasteiger partial charge in [0.25, 0.3) is 0 Å². The Morgan fingerprint density at radius 1 is 0.872 bits per heavy atom. The molecule has 10 heteroatoms. The van der Waals surface area contributed by atoms with Gasteiger partial charge in [-0.15, -0.1) is 0 Å². The lowest BCUT2D eigenvalue weighted by molar-refractivity contribution is -0.140. The monoisotopic (exact) mass is 540 g/mol. The van der Waals surface area contributed by atoms with Crippen LogP contribution < -0.4 is 26.0 Å². The minimum Gasteiger partial charge on any atom is -0.497 e. The lowest BCUT2D eigenvalue weighted by Crippen LogP contribution is -2.56. The van der Waals surface area contributed by atoms with Crippen LogP contribution in [0, 0.1) is 5.92 Å². The molecule has 5 N–H and O–H groups in total. The van der Waals surface area contributed by atoms with E-state index in [0.29, 0.717) is 18.7 Å². The molecule has 0 spiro atoms. The minimum absolute atomic E-state index is 0.00253. The van der Waals surface area contributed by atoms with Crippen LogP contribution in [-0.2, 0) is 32.1 Å². The molecule has 0 heterocycles. The molecule has 10 nitrogen and oxygen atoms in total. The Bertz CT molecular complexity index is 1070. The fourth-order valence-electron chi connectivity index (χ4n) is 4.06. The summed E-state index contributed by atoms with van der Waals surface area (Å²) in [7, 11) is 3.05. The Kier molecular flexibility index (Phi) is 12.9. The van der Waals surface area contributed by atoms with Gasteiger partial charge < -0.3 is 25.8 Å². The van der Waals surface area contributed by atoms with E-state index >= 15 is 0 Å². The fourth-order valence-corrected chi connectivity index (χ4v) is 4.06. The highest BCUT2D eigenvalue weighted by molar-refractivity contribution is 5.90. The van der Waals surface area contributed by atoms with Crippen molar-refractivity contribution >= 4 is 23.7 Å². The molecule has 3 amide bonds. The maximum atomic E-state index is 13.3. The van der Waals surface area contributed by atoms with E-state index in [9.17, 15) is 24.3 Å². The zero-order valence-corrected chi connectivity index (χ0v) is 23.0. The molecule has 0 aromatic heterocycles. The van der Waals surface area contributed by atoms with Crippen molar-refractivity contribution in [2.45, 2.75) is 64.2 Å². The molecule has 0 saturated carbocycles. The number of ether oxygens (including phenoxy) is 1. The van der Waals surface area contributed by atoms with Crippen LogP contribution in [0.15, 0.2) is 54.6 Å². The molecule has 3 atom stereocenters. The molecule has 0 aliphatic rings. The van der Waals surface area contributed by atoms with Crippen molar-refractivity contribution < 1.29 is 29.0 Å². The van der Waals surface area contributed by atoms with Crippen molar-refractivity contribution in [1.82, 2.24) is 21.3 Å². The third-order valence-corrected chi connectivity index (χ3v) is 6.19. The molecule has 0 bridgehead atoms. The topological polar surface area (TPSA) is 146 Å². The first-order valence-corrected chi connectivity index (χ1v) is 13.1. The zero-order valence-electron chi connectivity index (χ0n) is 23.0. The first kappa shape index (κ1) is 31.3. The van der Waals surface area contributed by atoms with E-state index in [1.54, 1.807) is 19.2 Å². The van der Waals surface area contributed by atoms with Gasteiger partial charge in [0.05, 0.1) is 13.2 Å². The summed E-state index contributed by atoms with van der Waals surface area (Å²) in [6.07, 6.45) is 0.570. The number of carboxylic acid groups (broad SMARTS) is 1. The largest absolute Gasteiger partial charge is 0.497 e. The maximum Gasteiger partial charge on any atom is 0.320 e. The first-order valence-electron chi connectivity index (χ1n) is 13.1. The second-order valence-electron chi connectivity index (χ2n) is 9.77. The summed E-state index contributed by atoms with van der Waals surface area (Å²) in [5.74, 6) is -1.55. The van der Waals surface area contributed by atoms with Gasteiger partial charge in [-0.2, -0.15) is 0 Å². The Balaban J connectivity index is 2.04. The minimum atomic E-state index is -1.16. The summed E-state index contributed by atoms with van der Waals surface area (Å²) in [5.41, 5.74) is 1.76. The molecular weight excluding hydrogens is 500 g/mol. The summed E-state index contributed by atoms with van der Waals surface area (Å²) in [6, 6.07) is 13.7. The van der Waals surface area contributed by atoms with Crippen LogP contribution in [0.4, 0.5) is 0 Å². The van der Waals surface area contributed by atoms with E-state index in [-0.39, 0.29) is 37.0 Å². The van der Waals surface area contributed by atoms with E-state index in [2.05, 4.69) is 21.3 Å². The van der Waals surface area contributed by atoms with Gasteiger partial charge in [0, 0.05) is 26.4 Å². The van der Waals surface area contributed by atoms with Gasteiger partial charge in [-0.05, 0) is 42.0 Å². The normalized spacial score (nSPS) is 13.2. The molecule has 0 radical (unpaired) electrons. The number of benzene rings is 2. The van der Waals surface area contributed by atoms with Crippen LogP contribution >= 0.6 is 0 Å². The summed E-state index contributed by atoms with van der Waals surface area (Å²) in [4.78, 5) is 50.2. The quantitative estimate of drug-likeness (QED) is 0.219. The molecule has 0 aliphatic heterocycles. The standard InChI is InChI=1S/C29H40N4O6/c1-19(2)16-24(28(36)33-25(27(35)30-3)17-20-10-12-22(39-4)13-11-20)32-23(29(37)38)14-15-26(34)31-18-21-8-6-5-7-9-21/h5-13,19,23-25,32H,14-18H2,1-4H3,(H,30,35)(H,31,34)(H,33,36)(H,37,38)/t23-,24+,25+/m1/s1. The van der Waals surface area contributed by atoms with Crippen LogP contribution in [-0.4, -0.2) is 61.1 Å². The number of carboxylic acids is 1. The Morgan fingerprint density at radius 2 is 1.54 bits per heavy atom. The number of amides is 3. The van der Waals surface area contributed by atoms with E-state index in [1.807, 2.05) is 56.3 Å². The van der Waals surface area contributed by atoms with E-state index in [4.69, 9.17) is 4.74 Å². The highest BCUT2D eigenvalue weighted by Crippen LogP contribution is 2.14. The van der Waals surface area contributed by atoms with Gasteiger partial charge in [0.15, 0.2) is 0 Å². The molecule has 2 aromatic rings. The van der Waals surface area contributed by atoms with Crippen molar-refractivity contribution in [2.24, 2.45) is 5.92 Å². The molecule has 0 unspecified atom stereocenters. The molecule has 212 valence electrons. The van der Waals surface area contributed by atoms with Gasteiger partial charge in [0.2, 0.25) is 17.7 Å². The lowest BCUT2D eigenvalue weighted by atomic mass is 9.99. The molecule has 2 aromatic carbocycles. The first-order chi connectivity index (χ1) is 18.6. The SMILES string of the molecule is CNC(=O)[C@H](Cc1ccc(OC)cc1)NC(=O)[C@H](CC(C)C)N[C@H](CCC(=O)NCc1ccccc1)C(=O)O. The number of methoxy groups -OCH3 is 1. The summed E-state index contributed by atoms with van der Waals surface area (Å²) in [5, 5.41) is 20.9. The van der Waals surface area contributed by atoms with Gasteiger partial charge in [0.1, 0.15) is 17.8 Å². The lowest BCUT2D eigenvalue weighted by Gasteiger charge is -2.26. The molecule has 0 saturated heterocycles. The van der Waals surface area contributed by atoms with Gasteiger partial charge in [-0.1, -0.05) is 56.3 Å². The zero-order chi connectivity index (χ0) is 28.8. The molecule has 0 fully saturated rings. The third-order valence-electron chi connectivity index (χ3n) is 6.19. The van der Waals surface area contributed by atoms with Crippen molar-refractivity contribution in [3.05, 3.63) is 65.7 Å². The number of nitrogens with one attached hydrogen (secondary N) is 4. The Hall–Kier alpha value is -3.92. The van der Waals surface area contributed by atoms with Crippen molar-refractivity contribution in [3.63, 3.8) is 0 Å². The highest BCUT2D eigenvalue weighted by Gasteiger charge is 2.30. The second-order valence-corrected chi connectivity index (χ2v) is 9.77. The smallest absolute Gasteiger partial charge is 0.320 e. The van der Waals surface area contributed by atoms with Gasteiger partial charge >= 0.3 is 5.97 Å². The number of rotatable bonds is 16. The van der Waals surface area contributed by atoms with Crippen LogP contribution in [0.25, 0.3) is 0 Å². The average molecular weight is 541 g/mol. The number of carbonyl (C=O) groups is 4. The van der Waals surface area contributed by atoms with Gasteiger partial charge in [-0.3, -0.25) is 24.5 Å². The number of hydrogen-bond donors (Lipinski definition) is 5. The van der Waals surface area contributed by atoms with Crippen molar-refractivity contribution in [3.8, 4) is 5.75 Å².